The van der Waals surface area contributed by atoms with Gasteiger partial charge in [0, 0.05) is 17.1 Å². The summed E-state index contributed by atoms with van der Waals surface area (Å²) in [6.07, 6.45) is 1.60. The van der Waals surface area contributed by atoms with Crippen LogP contribution in [0.5, 0.6) is 0 Å². The van der Waals surface area contributed by atoms with Crippen molar-refractivity contribution in [3.8, 4) is 11.1 Å². The van der Waals surface area contributed by atoms with E-state index < -0.39 is 0 Å². The zero-order chi connectivity index (χ0) is 16.8. The minimum Gasteiger partial charge on any atom is -0.343 e. The summed E-state index contributed by atoms with van der Waals surface area (Å²) in [5.74, 6) is -0.594. The molecule has 24 heavy (non-hydrogen) atoms. The number of hydrogen-bond donors (Lipinski definition) is 2. The minimum atomic E-state index is -0.306. The smallest absolute Gasteiger partial charge is 0.251 e. The third-order valence-electron chi connectivity index (χ3n) is 3.34. The summed E-state index contributed by atoms with van der Waals surface area (Å²) < 4.78 is 0. The number of hydrogen-bond acceptors (Lipinski definition) is 4. The van der Waals surface area contributed by atoms with E-state index in [1.807, 2.05) is 42.5 Å². The molecule has 1 heterocycles. The van der Waals surface area contributed by atoms with Gasteiger partial charge in [0.1, 0.15) is 0 Å². The van der Waals surface area contributed by atoms with E-state index in [2.05, 4.69) is 15.6 Å². The van der Waals surface area contributed by atoms with Crippen LogP contribution in [-0.4, -0.2) is 23.3 Å². The molecule has 0 aliphatic heterocycles. The Morgan fingerprint density at radius 3 is 2.33 bits per heavy atom. The van der Waals surface area contributed by atoms with E-state index in [1.165, 1.54) is 11.3 Å². The van der Waals surface area contributed by atoms with Gasteiger partial charge >= 0.3 is 0 Å². The largest absolute Gasteiger partial charge is 0.343 e. The lowest BCUT2D eigenvalue weighted by Gasteiger charge is -2.06. The zero-order valence-electron chi connectivity index (χ0n) is 12.7. The van der Waals surface area contributed by atoms with E-state index in [4.69, 9.17) is 0 Å². The Balaban J connectivity index is 1.56. The fourth-order valence-electron chi connectivity index (χ4n) is 2.16. The standard InChI is InChI=1S/C18H15N3O2S/c22-16(21-18-19-10-11-24-18)12-20-17(23)15-8-6-14(7-9-15)13-4-2-1-3-5-13/h1-11H,12H2,(H,20,23)(H,19,21,22). The van der Waals surface area contributed by atoms with Crippen LogP contribution in [0.25, 0.3) is 11.1 Å². The zero-order valence-corrected chi connectivity index (χ0v) is 13.5. The second-order valence-corrected chi connectivity index (χ2v) is 5.91. The van der Waals surface area contributed by atoms with Gasteiger partial charge in [0.15, 0.2) is 5.13 Å². The Hall–Kier alpha value is -2.99. The van der Waals surface area contributed by atoms with Crippen molar-refractivity contribution >= 4 is 28.3 Å². The molecule has 6 heteroatoms. The van der Waals surface area contributed by atoms with Crippen LogP contribution in [-0.2, 0) is 4.79 Å². The Morgan fingerprint density at radius 2 is 1.67 bits per heavy atom. The van der Waals surface area contributed by atoms with Crippen molar-refractivity contribution < 1.29 is 9.59 Å². The average Bonchev–Trinajstić information content (AvgIpc) is 3.13. The van der Waals surface area contributed by atoms with Crippen molar-refractivity contribution in [2.24, 2.45) is 0 Å². The van der Waals surface area contributed by atoms with Crippen LogP contribution >= 0.6 is 11.3 Å². The molecular formula is C18H15N3O2S. The molecule has 0 aliphatic carbocycles. The summed E-state index contributed by atoms with van der Waals surface area (Å²) in [4.78, 5) is 27.8. The van der Waals surface area contributed by atoms with Crippen molar-refractivity contribution in [3.05, 3.63) is 71.7 Å². The van der Waals surface area contributed by atoms with Gasteiger partial charge in [-0.2, -0.15) is 0 Å². The van der Waals surface area contributed by atoms with Crippen LogP contribution < -0.4 is 10.6 Å². The first-order chi connectivity index (χ1) is 11.7. The molecule has 0 saturated carbocycles. The van der Waals surface area contributed by atoms with Gasteiger partial charge in [0.2, 0.25) is 5.91 Å². The van der Waals surface area contributed by atoms with Gasteiger partial charge in [-0.1, -0.05) is 42.5 Å². The number of carbonyl (C=O) groups is 2. The lowest BCUT2D eigenvalue weighted by molar-refractivity contribution is -0.115. The molecule has 0 atom stereocenters. The molecule has 0 bridgehead atoms. The van der Waals surface area contributed by atoms with E-state index in [-0.39, 0.29) is 18.4 Å². The summed E-state index contributed by atoms with van der Waals surface area (Å²) in [7, 11) is 0. The van der Waals surface area contributed by atoms with Gasteiger partial charge in [-0.15, -0.1) is 11.3 Å². The van der Waals surface area contributed by atoms with Crippen molar-refractivity contribution in [3.63, 3.8) is 0 Å². The van der Waals surface area contributed by atoms with E-state index >= 15 is 0 Å². The first-order valence-corrected chi connectivity index (χ1v) is 8.23. The fraction of sp³-hybridized carbons (Fsp3) is 0.0556. The van der Waals surface area contributed by atoms with Gasteiger partial charge in [-0.25, -0.2) is 4.98 Å². The van der Waals surface area contributed by atoms with Crippen LogP contribution in [0, 0.1) is 0 Å². The van der Waals surface area contributed by atoms with Gasteiger partial charge in [-0.05, 0) is 23.3 Å². The summed E-state index contributed by atoms with van der Waals surface area (Å²) >= 11 is 1.33. The highest BCUT2D eigenvalue weighted by Gasteiger charge is 2.09. The van der Waals surface area contributed by atoms with E-state index in [0.717, 1.165) is 11.1 Å². The third-order valence-corrected chi connectivity index (χ3v) is 4.03. The van der Waals surface area contributed by atoms with Crippen LogP contribution in [0.4, 0.5) is 5.13 Å². The molecule has 2 N–H and O–H groups in total. The molecule has 0 spiro atoms. The number of nitrogens with zero attached hydrogens (tertiary/aromatic N) is 1. The number of anilines is 1. The third kappa shape index (κ3) is 4.05. The Labute approximate surface area is 143 Å². The highest BCUT2D eigenvalue weighted by molar-refractivity contribution is 7.13. The van der Waals surface area contributed by atoms with Crippen molar-refractivity contribution in [1.82, 2.24) is 10.3 Å². The Bertz CT molecular complexity index is 815. The maximum atomic E-state index is 12.1. The molecule has 2 amide bonds. The predicted molar refractivity (Wildman–Crippen MR) is 95.0 cm³/mol. The van der Waals surface area contributed by atoms with Crippen molar-refractivity contribution in [2.75, 3.05) is 11.9 Å². The average molecular weight is 337 g/mol. The van der Waals surface area contributed by atoms with Gasteiger partial charge in [0.25, 0.3) is 5.91 Å². The quantitative estimate of drug-likeness (QED) is 0.751. The van der Waals surface area contributed by atoms with E-state index in [0.29, 0.717) is 10.7 Å². The molecule has 0 fully saturated rings. The number of carbonyl (C=O) groups excluding carboxylic acids is 2. The Morgan fingerprint density at radius 1 is 0.958 bits per heavy atom. The summed E-state index contributed by atoms with van der Waals surface area (Å²) in [5.41, 5.74) is 2.64. The number of benzene rings is 2. The molecule has 0 radical (unpaired) electrons. The predicted octanol–water partition coefficient (Wildman–Crippen LogP) is 3.18. The van der Waals surface area contributed by atoms with Crippen LogP contribution in [0.3, 0.4) is 0 Å². The van der Waals surface area contributed by atoms with Gasteiger partial charge in [-0.3, -0.25) is 9.59 Å². The lowest BCUT2D eigenvalue weighted by atomic mass is 10.0. The molecule has 0 aliphatic rings. The fourth-order valence-corrected chi connectivity index (χ4v) is 2.70. The first kappa shape index (κ1) is 15.9. The van der Waals surface area contributed by atoms with Crippen LogP contribution in [0.2, 0.25) is 0 Å². The second-order valence-electron chi connectivity index (χ2n) is 5.01. The molecule has 0 unspecified atom stereocenters. The minimum absolute atomic E-state index is 0.0984. The van der Waals surface area contributed by atoms with E-state index in [1.54, 1.807) is 23.7 Å². The molecule has 0 saturated heterocycles. The number of nitrogens with one attached hydrogen (secondary N) is 2. The number of rotatable bonds is 5. The van der Waals surface area contributed by atoms with Gasteiger partial charge < -0.3 is 10.6 Å². The van der Waals surface area contributed by atoms with Crippen molar-refractivity contribution in [2.45, 2.75) is 0 Å². The topological polar surface area (TPSA) is 71.1 Å². The summed E-state index contributed by atoms with van der Waals surface area (Å²) in [6.45, 7) is -0.0984. The second kappa shape index (κ2) is 7.52. The highest BCUT2D eigenvalue weighted by Crippen LogP contribution is 2.19. The van der Waals surface area contributed by atoms with Gasteiger partial charge in [0.05, 0.1) is 6.54 Å². The Kier molecular flexibility index (Phi) is 4.98. The van der Waals surface area contributed by atoms with E-state index in [9.17, 15) is 9.59 Å². The monoisotopic (exact) mass is 337 g/mol. The summed E-state index contributed by atoms with van der Waals surface area (Å²) in [6, 6.07) is 17.2. The van der Waals surface area contributed by atoms with Crippen molar-refractivity contribution in [1.29, 1.82) is 0 Å². The SMILES string of the molecule is O=C(CNC(=O)c1ccc(-c2ccccc2)cc1)Nc1nccs1. The molecule has 5 nitrogen and oxygen atoms in total. The number of aromatic nitrogens is 1. The maximum absolute atomic E-state index is 12.1. The molecule has 120 valence electrons. The number of amides is 2. The summed E-state index contributed by atoms with van der Waals surface area (Å²) in [5, 5.41) is 7.49. The van der Waals surface area contributed by atoms with Crippen LogP contribution in [0.1, 0.15) is 10.4 Å². The van der Waals surface area contributed by atoms with Crippen LogP contribution in [0.15, 0.2) is 66.2 Å². The molecule has 2 aromatic carbocycles. The maximum Gasteiger partial charge on any atom is 0.251 e. The normalized spacial score (nSPS) is 10.2. The highest BCUT2D eigenvalue weighted by atomic mass is 32.1. The molecule has 3 rings (SSSR count). The first-order valence-electron chi connectivity index (χ1n) is 7.35. The lowest BCUT2D eigenvalue weighted by Crippen LogP contribution is -2.32. The molecule has 3 aromatic rings. The molecule has 1 aromatic heterocycles. The molecular weight excluding hydrogens is 322 g/mol. The number of thiazole rings is 1.